The zero-order valence-corrected chi connectivity index (χ0v) is 13.4. The molecule has 0 atom stereocenters. The van der Waals surface area contributed by atoms with Gasteiger partial charge < -0.3 is 5.11 Å². The molecule has 2 aromatic rings. The van der Waals surface area contributed by atoms with Gasteiger partial charge >= 0.3 is 5.97 Å². The molecule has 8 heteroatoms. The largest absolute Gasteiger partial charge is 0.478 e. The van der Waals surface area contributed by atoms with Gasteiger partial charge in [0.25, 0.3) is 10.0 Å². The predicted octanol–water partition coefficient (Wildman–Crippen LogP) is 2.93. The van der Waals surface area contributed by atoms with Gasteiger partial charge in [-0.25, -0.2) is 17.6 Å². The lowest BCUT2D eigenvalue weighted by atomic mass is 10.2. The van der Waals surface area contributed by atoms with Crippen molar-refractivity contribution in [2.45, 2.75) is 4.90 Å². The Labute approximate surface area is 134 Å². The number of anilines is 1. The molecule has 0 saturated carbocycles. The third-order valence-corrected chi connectivity index (χ3v) is 4.63. The average molecular weight is 421 g/mol. The van der Waals surface area contributed by atoms with Crippen LogP contribution in [0.25, 0.3) is 0 Å². The van der Waals surface area contributed by atoms with Crippen molar-refractivity contribution >= 4 is 44.3 Å². The van der Waals surface area contributed by atoms with Crippen molar-refractivity contribution in [3.8, 4) is 0 Å². The van der Waals surface area contributed by atoms with Crippen LogP contribution in [0.3, 0.4) is 0 Å². The van der Waals surface area contributed by atoms with Crippen molar-refractivity contribution < 1.29 is 22.7 Å². The summed E-state index contributed by atoms with van der Waals surface area (Å²) in [5.41, 5.74) is -0.208. The lowest BCUT2D eigenvalue weighted by molar-refractivity contribution is 0.0698. The first-order valence-corrected chi connectivity index (χ1v) is 8.17. The van der Waals surface area contributed by atoms with Crippen LogP contribution in [0.1, 0.15) is 10.4 Å². The van der Waals surface area contributed by atoms with Gasteiger partial charge in [-0.3, -0.25) is 4.72 Å². The van der Waals surface area contributed by atoms with E-state index in [2.05, 4.69) is 4.72 Å². The van der Waals surface area contributed by atoms with Gasteiger partial charge in [0.1, 0.15) is 5.82 Å². The fraction of sp³-hybridized carbons (Fsp3) is 0. The first-order valence-electron chi connectivity index (χ1n) is 5.61. The van der Waals surface area contributed by atoms with Crippen molar-refractivity contribution in [1.29, 1.82) is 0 Å². The molecule has 21 heavy (non-hydrogen) atoms. The van der Waals surface area contributed by atoms with E-state index in [1.165, 1.54) is 12.1 Å². The molecule has 0 fully saturated rings. The van der Waals surface area contributed by atoms with Gasteiger partial charge in [-0.15, -0.1) is 0 Å². The lowest BCUT2D eigenvalue weighted by Gasteiger charge is -2.11. The smallest absolute Gasteiger partial charge is 0.337 e. The molecule has 0 aliphatic rings. The van der Waals surface area contributed by atoms with E-state index in [0.29, 0.717) is 3.57 Å². The second-order valence-electron chi connectivity index (χ2n) is 4.05. The van der Waals surface area contributed by atoms with Crippen molar-refractivity contribution in [2.75, 3.05) is 4.72 Å². The second kappa shape index (κ2) is 5.98. The third kappa shape index (κ3) is 3.70. The molecule has 0 bridgehead atoms. The van der Waals surface area contributed by atoms with Gasteiger partial charge in [0, 0.05) is 3.57 Å². The number of carboxylic acid groups (broad SMARTS) is 1. The van der Waals surface area contributed by atoms with Gasteiger partial charge in [-0.2, -0.15) is 0 Å². The fourth-order valence-corrected chi connectivity index (χ4v) is 3.17. The predicted molar refractivity (Wildman–Crippen MR) is 83.3 cm³/mol. The summed E-state index contributed by atoms with van der Waals surface area (Å²) in [7, 11) is -3.98. The molecular formula is C13H9FINO4S. The van der Waals surface area contributed by atoms with Gasteiger partial charge in [-0.1, -0.05) is 0 Å². The molecule has 0 spiro atoms. The van der Waals surface area contributed by atoms with Gasteiger partial charge in [-0.05, 0) is 65.1 Å². The number of benzene rings is 2. The summed E-state index contributed by atoms with van der Waals surface area (Å²) in [5, 5.41) is 9.11. The van der Waals surface area contributed by atoms with Crippen LogP contribution in [0, 0.1) is 9.39 Å². The summed E-state index contributed by atoms with van der Waals surface area (Å²) in [4.78, 5) is 11.0. The van der Waals surface area contributed by atoms with E-state index in [0.717, 1.165) is 24.3 Å². The number of hydrogen-bond donors (Lipinski definition) is 2. The van der Waals surface area contributed by atoms with Gasteiger partial charge in [0.05, 0.1) is 16.1 Å². The van der Waals surface area contributed by atoms with Crippen LogP contribution in [0.4, 0.5) is 10.1 Å². The molecule has 0 unspecified atom stereocenters. The average Bonchev–Trinajstić information content (AvgIpc) is 2.41. The highest BCUT2D eigenvalue weighted by atomic mass is 127. The van der Waals surface area contributed by atoms with E-state index in [-0.39, 0.29) is 16.1 Å². The maximum atomic E-state index is 12.8. The Bertz CT molecular complexity index is 790. The minimum absolute atomic E-state index is 0.0489. The molecule has 0 aliphatic carbocycles. The Balaban J connectivity index is 2.41. The second-order valence-corrected chi connectivity index (χ2v) is 6.98. The molecule has 0 aliphatic heterocycles. The maximum absolute atomic E-state index is 12.8. The normalized spacial score (nSPS) is 11.1. The summed E-state index contributed by atoms with van der Waals surface area (Å²) in [6.45, 7) is 0. The number of sulfonamides is 1. The Morgan fingerprint density at radius 2 is 1.76 bits per heavy atom. The molecule has 110 valence electrons. The lowest BCUT2D eigenvalue weighted by Crippen LogP contribution is -2.15. The standard InChI is InChI=1S/C13H9FINO4S/c14-8-1-4-10(5-2-8)21(19,20)16-12-6-3-9(15)7-11(12)13(17)18/h1-7,16H,(H,17,18). The van der Waals surface area contributed by atoms with Crippen molar-refractivity contribution in [3.05, 3.63) is 57.4 Å². The molecule has 2 rings (SSSR count). The highest BCUT2D eigenvalue weighted by molar-refractivity contribution is 14.1. The summed E-state index contributed by atoms with van der Waals surface area (Å²) in [6.07, 6.45) is 0. The highest BCUT2D eigenvalue weighted by Gasteiger charge is 2.18. The van der Waals surface area contributed by atoms with Crippen molar-refractivity contribution in [1.82, 2.24) is 0 Å². The molecule has 2 N–H and O–H groups in total. The molecule has 0 heterocycles. The molecule has 0 radical (unpaired) electrons. The highest BCUT2D eigenvalue weighted by Crippen LogP contribution is 2.22. The monoisotopic (exact) mass is 421 g/mol. The summed E-state index contributed by atoms with van der Waals surface area (Å²) < 4.78 is 40.0. The van der Waals surface area contributed by atoms with Crippen LogP contribution in [0.5, 0.6) is 0 Å². The molecule has 0 aromatic heterocycles. The first-order chi connectivity index (χ1) is 9.79. The Morgan fingerprint density at radius 1 is 1.14 bits per heavy atom. The van der Waals surface area contributed by atoms with Crippen molar-refractivity contribution in [2.24, 2.45) is 0 Å². The van der Waals surface area contributed by atoms with E-state index in [9.17, 15) is 17.6 Å². The quantitative estimate of drug-likeness (QED) is 0.744. The Kier molecular flexibility index (Phi) is 4.47. The van der Waals surface area contributed by atoms with Crippen molar-refractivity contribution in [3.63, 3.8) is 0 Å². The maximum Gasteiger partial charge on any atom is 0.337 e. The third-order valence-electron chi connectivity index (χ3n) is 2.58. The van der Waals surface area contributed by atoms with Crippen LogP contribution in [-0.2, 0) is 10.0 Å². The molecule has 2 aromatic carbocycles. The number of carboxylic acids is 1. The van der Waals surface area contributed by atoms with Gasteiger partial charge in [0.15, 0.2) is 0 Å². The Hall–Kier alpha value is -1.68. The van der Waals surface area contributed by atoms with E-state index < -0.39 is 21.8 Å². The molecular weight excluding hydrogens is 412 g/mol. The van der Waals surface area contributed by atoms with E-state index >= 15 is 0 Å². The minimum atomic E-state index is -3.98. The number of carbonyl (C=O) groups is 1. The van der Waals surface area contributed by atoms with E-state index in [1.54, 1.807) is 6.07 Å². The molecule has 0 amide bonds. The zero-order chi connectivity index (χ0) is 15.6. The number of nitrogens with one attached hydrogen (secondary N) is 1. The summed E-state index contributed by atoms with van der Waals surface area (Å²) in [6, 6.07) is 8.53. The number of halogens is 2. The zero-order valence-electron chi connectivity index (χ0n) is 10.4. The Morgan fingerprint density at radius 3 is 2.33 bits per heavy atom. The summed E-state index contributed by atoms with van der Waals surface area (Å²) in [5.74, 6) is -1.81. The fourth-order valence-electron chi connectivity index (χ4n) is 1.60. The minimum Gasteiger partial charge on any atom is -0.478 e. The van der Waals surface area contributed by atoms with E-state index in [4.69, 9.17) is 5.11 Å². The first kappa shape index (κ1) is 15.7. The van der Waals surface area contributed by atoms with Gasteiger partial charge in [0.2, 0.25) is 0 Å². The van der Waals surface area contributed by atoms with Crippen LogP contribution < -0.4 is 4.72 Å². The number of rotatable bonds is 4. The van der Waals surface area contributed by atoms with Crippen LogP contribution in [-0.4, -0.2) is 19.5 Å². The summed E-state index contributed by atoms with van der Waals surface area (Å²) >= 11 is 1.93. The molecule has 0 saturated heterocycles. The van der Waals surface area contributed by atoms with Crippen LogP contribution in [0.15, 0.2) is 47.4 Å². The number of aromatic carboxylic acids is 1. The SMILES string of the molecule is O=C(O)c1cc(I)ccc1NS(=O)(=O)c1ccc(F)cc1. The van der Waals surface area contributed by atoms with Crippen LogP contribution in [0.2, 0.25) is 0 Å². The number of hydrogen-bond acceptors (Lipinski definition) is 3. The topological polar surface area (TPSA) is 83.5 Å². The molecule has 5 nitrogen and oxygen atoms in total. The van der Waals surface area contributed by atoms with E-state index in [1.807, 2.05) is 22.6 Å². The van der Waals surface area contributed by atoms with Crippen LogP contribution >= 0.6 is 22.6 Å².